The molecular weight excluding hydrogens is 320 g/mol. The average Bonchev–Trinajstić information content (AvgIpc) is 2.81. The smallest absolute Gasteiger partial charge is 0.310 e. The van der Waals surface area contributed by atoms with Crippen LogP contribution in [0.25, 0.3) is 0 Å². The van der Waals surface area contributed by atoms with Gasteiger partial charge < -0.3 is 14.6 Å². The Bertz CT molecular complexity index is 720. The fourth-order valence-electron chi connectivity index (χ4n) is 2.01. The Labute approximate surface area is 138 Å². The lowest BCUT2D eigenvalue weighted by atomic mass is 10.1. The number of carbonyl (C=O) groups is 2. The first kappa shape index (κ1) is 17.0. The number of anilines is 1. The first-order chi connectivity index (χ1) is 10.9. The van der Waals surface area contributed by atoms with Crippen molar-refractivity contribution in [2.45, 2.75) is 27.2 Å². The summed E-state index contributed by atoms with van der Waals surface area (Å²) >= 11 is 5.89. The van der Waals surface area contributed by atoms with Gasteiger partial charge >= 0.3 is 5.97 Å². The molecule has 1 aromatic carbocycles. The number of esters is 1. The van der Waals surface area contributed by atoms with Gasteiger partial charge in [-0.2, -0.15) is 0 Å². The van der Waals surface area contributed by atoms with E-state index in [4.69, 9.17) is 20.9 Å². The fourth-order valence-corrected chi connectivity index (χ4v) is 2.18. The van der Waals surface area contributed by atoms with Gasteiger partial charge in [0.15, 0.2) is 6.61 Å². The van der Waals surface area contributed by atoms with Gasteiger partial charge in [0.25, 0.3) is 5.91 Å². The molecule has 0 spiro atoms. The summed E-state index contributed by atoms with van der Waals surface area (Å²) < 4.78 is 9.95. The molecule has 1 aromatic heterocycles. The third-order valence-electron chi connectivity index (χ3n) is 3.34. The standard InChI is InChI=1S/C16H17ClN2O4/c1-9-4-5-12(17)6-14(9)18-15(20)8-22-16(21)7-13-10(2)19-23-11(13)3/h4-6H,7-8H2,1-3H3,(H,18,20). The van der Waals surface area contributed by atoms with E-state index in [0.29, 0.717) is 27.7 Å². The summed E-state index contributed by atoms with van der Waals surface area (Å²) in [5.74, 6) is -0.377. The van der Waals surface area contributed by atoms with Gasteiger partial charge in [0, 0.05) is 16.3 Å². The maximum atomic E-state index is 11.9. The normalized spacial score (nSPS) is 10.4. The lowest BCUT2D eigenvalue weighted by Gasteiger charge is -2.09. The highest BCUT2D eigenvalue weighted by Gasteiger charge is 2.15. The van der Waals surface area contributed by atoms with Crippen molar-refractivity contribution in [2.75, 3.05) is 11.9 Å². The molecule has 122 valence electrons. The largest absolute Gasteiger partial charge is 0.455 e. The number of carbonyl (C=O) groups excluding carboxylic acids is 2. The van der Waals surface area contributed by atoms with Gasteiger partial charge in [-0.05, 0) is 38.5 Å². The Hall–Kier alpha value is -2.34. The minimum atomic E-state index is -0.516. The number of aromatic nitrogens is 1. The zero-order valence-corrected chi connectivity index (χ0v) is 13.9. The van der Waals surface area contributed by atoms with Crippen LogP contribution in [0, 0.1) is 20.8 Å². The summed E-state index contributed by atoms with van der Waals surface area (Å²) in [6.45, 7) is 4.94. The zero-order chi connectivity index (χ0) is 17.0. The number of hydrogen-bond acceptors (Lipinski definition) is 5. The second-order valence-electron chi connectivity index (χ2n) is 5.15. The number of benzene rings is 1. The van der Waals surface area contributed by atoms with Gasteiger partial charge in [0.2, 0.25) is 0 Å². The maximum absolute atomic E-state index is 11.9. The Kier molecular flexibility index (Phi) is 5.39. The Morgan fingerprint density at radius 2 is 2.04 bits per heavy atom. The van der Waals surface area contributed by atoms with Crippen LogP contribution in [0.3, 0.4) is 0 Å². The Balaban J connectivity index is 1.87. The van der Waals surface area contributed by atoms with E-state index in [2.05, 4.69) is 10.5 Å². The van der Waals surface area contributed by atoms with Gasteiger partial charge in [-0.1, -0.05) is 22.8 Å². The van der Waals surface area contributed by atoms with Crippen molar-refractivity contribution < 1.29 is 18.8 Å². The summed E-state index contributed by atoms with van der Waals surface area (Å²) in [4.78, 5) is 23.7. The van der Waals surface area contributed by atoms with Crippen molar-refractivity contribution in [2.24, 2.45) is 0 Å². The molecule has 0 unspecified atom stereocenters. The highest BCUT2D eigenvalue weighted by atomic mass is 35.5. The van der Waals surface area contributed by atoms with E-state index in [9.17, 15) is 9.59 Å². The molecule has 1 N–H and O–H groups in total. The highest BCUT2D eigenvalue weighted by Crippen LogP contribution is 2.20. The van der Waals surface area contributed by atoms with Crippen LogP contribution in [-0.4, -0.2) is 23.6 Å². The van der Waals surface area contributed by atoms with Crippen LogP contribution in [0.2, 0.25) is 5.02 Å². The number of nitrogens with one attached hydrogen (secondary N) is 1. The van der Waals surface area contributed by atoms with E-state index >= 15 is 0 Å². The summed E-state index contributed by atoms with van der Waals surface area (Å²) in [6, 6.07) is 5.16. The molecule has 0 aliphatic rings. The minimum absolute atomic E-state index is 0.0185. The molecule has 7 heteroatoms. The summed E-state index contributed by atoms with van der Waals surface area (Å²) in [5, 5.41) is 6.94. The molecule has 1 heterocycles. The first-order valence-electron chi connectivity index (χ1n) is 7.00. The number of hydrogen-bond donors (Lipinski definition) is 1. The molecule has 0 bridgehead atoms. The third-order valence-corrected chi connectivity index (χ3v) is 3.58. The molecule has 0 atom stereocenters. The second kappa shape index (κ2) is 7.28. The highest BCUT2D eigenvalue weighted by molar-refractivity contribution is 6.31. The van der Waals surface area contributed by atoms with Crippen LogP contribution < -0.4 is 5.32 Å². The number of aryl methyl sites for hydroxylation is 3. The fraction of sp³-hybridized carbons (Fsp3) is 0.312. The van der Waals surface area contributed by atoms with Gasteiger partial charge in [0.05, 0.1) is 12.1 Å². The van der Waals surface area contributed by atoms with Crippen LogP contribution in [0.15, 0.2) is 22.7 Å². The maximum Gasteiger partial charge on any atom is 0.310 e. The summed E-state index contributed by atoms with van der Waals surface area (Å²) in [7, 11) is 0. The number of rotatable bonds is 5. The van der Waals surface area contributed by atoms with E-state index < -0.39 is 11.9 Å². The van der Waals surface area contributed by atoms with Crippen molar-refractivity contribution in [3.05, 3.63) is 45.8 Å². The van der Waals surface area contributed by atoms with Crippen molar-refractivity contribution in [3.8, 4) is 0 Å². The van der Waals surface area contributed by atoms with E-state index in [1.807, 2.05) is 6.92 Å². The number of amides is 1. The molecule has 23 heavy (non-hydrogen) atoms. The van der Waals surface area contributed by atoms with Crippen LogP contribution in [0.1, 0.15) is 22.6 Å². The molecule has 2 rings (SSSR count). The Morgan fingerprint density at radius 3 is 2.70 bits per heavy atom. The third kappa shape index (κ3) is 4.56. The van der Waals surface area contributed by atoms with Crippen LogP contribution >= 0.6 is 11.6 Å². The zero-order valence-electron chi connectivity index (χ0n) is 13.1. The lowest BCUT2D eigenvalue weighted by molar-refractivity contribution is -0.146. The molecule has 2 aromatic rings. The van der Waals surface area contributed by atoms with Gasteiger partial charge in [-0.15, -0.1) is 0 Å². The molecule has 0 aliphatic heterocycles. The molecule has 0 radical (unpaired) electrons. The first-order valence-corrected chi connectivity index (χ1v) is 7.38. The SMILES string of the molecule is Cc1ccc(Cl)cc1NC(=O)COC(=O)Cc1c(C)noc1C. The number of nitrogens with zero attached hydrogens (tertiary/aromatic N) is 1. The molecule has 0 saturated heterocycles. The van der Waals surface area contributed by atoms with E-state index in [1.54, 1.807) is 32.0 Å². The Morgan fingerprint density at radius 1 is 1.30 bits per heavy atom. The monoisotopic (exact) mass is 336 g/mol. The van der Waals surface area contributed by atoms with Crippen molar-refractivity contribution in [1.82, 2.24) is 5.16 Å². The lowest BCUT2D eigenvalue weighted by Crippen LogP contribution is -2.22. The van der Waals surface area contributed by atoms with E-state index in [1.165, 1.54) is 0 Å². The molecule has 1 amide bonds. The van der Waals surface area contributed by atoms with E-state index in [0.717, 1.165) is 5.56 Å². The van der Waals surface area contributed by atoms with E-state index in [-0.39, 0.29) is 13.0 Å². The summed E-state index contributed by atoms with van der Waals surface area (Å²) in [5.41, 5.74) is 2.77. The van der Waals surface area contributed by atoms with Gasteiger partial charge in [-0.25, -0.2) is 0 Å². The molecular formula is C16H17ClN2O4. The summed E-state index contributed by atoms with van der Waals surface area (Å²) in [6.07, 6.45) is 0.0185. The minimum Gasteiger partial charge on any atom is -0.455 e. The number of ether oxygens (including phenoxy) is 1. The van der Waals surface area contributed by atoms with Crippen LogP contribution in [-0.2, 0) is 20.7 Å². The van der Waals surface area contributed by atoms with Gasteiger partial charge in [-0.3, -0.25) is 9.59 Å². The predicted molar refractivity (Wildman–Crippen MR) is 85.5 cm³/mol. The van der Waals surface area contributed by atoms with Crippen LogP contribution in [0.5, 0.6) is 0 Å². The van der Waals surface area contributed by atoms with Crippen LogP contribution in [0.4, 0.5) is 5.69 Å². The predicted octanol–water partition coefficient (Wildman–Crippen LogP) is 2.98. The second-order valence-corrected chi connectivity index (χ2v) is 5.58. The molecule has 0 aliphatic carbocycles. The van der Waals surface area contributed by atoms with Crippen molar-refractivity contribution in [3.63, 3.8) is 0 Å². The topological polar surface area (TPSA) is 81.4 Å². The average molecular weight is 337 g/mol. The van der Waals surface area contributed by atoms with Gasteiger partial charge in [0.1, 0.15) is 5.76 Å². The number of halogens is 1. The molecule has 0 saturated carbocycles. The van der Waals surface area contributed by atoms with Crippen molar-refractivity contribution >= 4 is 29.2 Å². The van der Waals surface area contributed by atoms with Crippen molar-refractivity contribution in [1.29, 1.82) is 0 Å². The quantitative estimate of drug-likeness (QED) is 0.849. The molecule has 0 fully saturated rings. The molecule has 6 nitrogen and oxygen atoms in total.